The van der Waals surface area contributed by atoms with Crippen molar-refractivity contribution in [2.24, 2.45) is 5.92 Å². The molecule has 1 saturated heterocycles. The Balaban J connectivity index is 1.67. The summed E-state index contributed by atoms with van der Waals surface area (Å²) in [6.45, 7) is 5.04. The molecule has 22 heavy (non-hydrogen) atoms. The van der Waals surface area contributed by atoms with E-state index in [1.54, 1.807) is 18.2 Å². The number of fused-ring (bicyclic) bond motifs is 1. The second-order valence-corrected chi connectivity index (χ2v) is 6.23. The Morgan fingerprint density at radius 3 is 2.77 bits per heavy atom. The minimum absolute atomic E-state index is 0.183. The lowest BCUT2D eigenvalue weighted by Gasteiger charge is -2.31. The molecule has 6 heteroatoms. The molecule has 0 bridgehead atoms. The minimum atomic E-state index is -0.610. The van der Waals surface area contributed by atoms with Gasteiger partial charge in [-0.1, -0.05) is 24.3 Å². The molecule has 0 spiro atoms. The van der Waals surface area contributed by atoms with E-state index >= 15 is 0 Å². The largest absolute Gasteiger partial charge is 0.390 e. The van der Waals surface area contributed by atoms with Crippen LogP contribution < -0.4 is 5.56 Å². The lowest BCUT2D eigenvalue weighted by Crippen LogP contribution is -2.41. The Bertz CT molecular complexity index is 692. The van der Waals surface area contributed by atoms with Gasteiger partial charge in [0.05, 0.1) is 18.0 Å². The average molecular weight is 302 g/mol. The molecule has 1 aromatic heterocycles. The summed E-state index contributed by atoms with van der Waals surface area (Å²) < 4.78 is 1.26. The summed E-state index contributed by atoms with van der Waals surface area (Å²) in [5, 5.41) is 18.8. The summed E-state index contributed by atoms with van der Waals surface area (Å²) in [5.41, 5.74) is 0.389. The van der Waals surface area contributed by atoms with E-state index in [1.807, 2.05) is 6.07 Å². The number of benzene rings is 1. The Morgan fingerprint density at radius 2 is 2.00 bits per heavy atom. The predicted molar refractivity (Wildman–Crippen MR) is 84.6 cm³/mol. The Kier molecular flexibility index (Phi) is 4.49. The van der Waals surface area contributed by atoms with Crippen LogP contribution in [0.25, 0.3) is 10.9 Å². The lowest BCUT2D eigenvalue weighted by molar-refractivity contribution is 0.0761. The fraction of sp³-hybridized carbons (Fsp3) is 0.562. The van der Waals surface area contributed by atoms with Crippen LogP contribution in [0, 0.1) is 5.92 Å². The molecule has 2 aromatic rings. The third kappa shape index (κ3) is 3.34. The van der Waals surface area contributed by atoms with Crippen LogP contribution in [0.4, 0.5) is 0 Å². The van der Waals surface area contributed by atoms with Crippen LogP contribution in [-0.2, 0) is 6.54 Å². The van der Waals surface area contributed by atoms with Crippen molar-refractivity contribution in [3.8, 4) is 0 Å². The maximum Gasteiger partial charge on any atom is 0.277 e. The number of hydrogen-bond donors (Lipinski definition) is 1. The molecule has 0 amide bonds. The molecular weight excluding hydrogens is 280 g/mol. The van der Waals surface area contributed by atoms with E-state index in [4.69, 9.17) is 0 Å². The van der Waals surface area contributed by atoms with Gasteiger partial charge in [0.1, 0.15) is 5.52 Å². The highest BCUT2D eigenvalue weighted by atomic mass is 16.3. The number of hydrogen-bond acceptors (Lipinski definition) is 5. The summed E-state index contributed by atoms with van der Waals surface area (Å²) >= 11 is 0. The van der Waals surface area contributed by atoms with Gasteiger partial charge in [-0.2, -0.15) is 0 Å². The van der Waals surface area contributed by atoms with Crippen molar-refractivity contribution < 1.29 is 5.11 Å². The van der Waals surface area contributed by atoms with Crippen molar-refractivity contribution in [1.82, 2.24) is 19.9 Å². The van der Waals surface area contributed by atoms with Crippen LogP contribution in [0.1, 0.15) is 19.8 Å². The van der Waals surface area contributed by atoms with E-state index in [2.05, 4.69) is 22.1 Å². The molecule has 2 heterocycles. The molecule has 3 rings (SSSR count). The number of piperidine rings is 1. The first-order valence-electron chi connectivity index (χ1n) is 7.86. The normalized spacial score (nSPS) is 18.6. The summed E-state index contributed by atoms with van der Waals surface area (Å²) in [6.07, 6.45) is 1.73. The molecule has 0 saturated carbocycles. The molecule has 1 atom stereocenters. The number of β-amino-alcohol motifs (C(OH)–C–C–N with tert-alkyl or cyclic N) is 1. The lowest BCUT2D eigenvalue weighted by atomic mass is 9.99. The van der Waals surface area contributed by atoms with Gasteiger partial charge in [-0.3, -0.25) is 4.79 Å². The van der Waals surface area contributed by atoms with Crippen LogP contribution in [0.3, 0.4) is 0 Å². The van der Waals surface area contributed by atoms with E-state index in [0.29, 0.717) is 17.4 Å². The highest BCUT2D eigenvalue weighted by Gasteiger charge is 2.19. The standard InChI is InChI=1S/C16H22N4O2/c1-12-6-8-19(9-7-12)10-13(21)11-20-16(22)14-4-2-3-5-15(14)17-18-20/h2-5,12-13,21H,6-11H2,1H3/t13-/m1/s1. The molecule has 1 fully saturated rings. The molecule has 6 nitrogen and oxygen atoms in total. The fourth-order valence-electron chi connectivity index (χ4n) is 2.94. The molecule has 118 valence electrons. The number of aliphatic hydroxyl groups excluding tert-OH is 1. The maximum atomic E-state index is 12.3. The smallest absolute Gasteiger partial charge is 0.277 e. The van der Waals surface area contributed by atoms with Gasteiger partial charge in [-0.25, -0.2) is 4.68 Å². The van der Waals surface area contributed by atoms with Crippen LogP contribution in [-0.4, -0.2) is 50.7 Å². The topological polar surface area (TPSA) is 71.2 Å². The maximum absolute atomic E-state index is 12.3. The molecule has 1 aromatic carbocycles. The van der Waals surface area contributed by atoms with E-state index in [9.17, 15) is 9.90 Å². The van der Waals surface area contributed by atoms with E-state index in [1.165, 1.54) is 17.5 Å². The molecule has 0 unspecified atom stereocenters. The Labute approximate surface area is 129 Å². The van der Waals surface area contributed by atoms with Crippen molar-refractivity contribution in [2.75, 3.05) is 19.6 Å². The van der Waals surface area contributed by atoms with Crippen LogP contribution in [0.15, 0.2) is 29.1 Å². The minimum Gasteiger partial charge on any atom is -0.390 e. The molecule has 1 aliphatic heterocycles. The van der Waals surface area contributed by atoms with Crippen molar-refractivity contribution in [2.45, 2.75) is 32.4 Å². The second-order valence-electron chi connectivity index (χ2n) is 6.23. The first-order chi connectivity index (χ1) is 10.6. The summed E-state index contributed by atoms with van der Waals surface area (Å²) in [4.78, 5) is 14.6. The first kappa shape index (κ1) is 15.1. The SMILES string of the molecule is CC1CCN(C[C@@H](O)Cn2nnc3ccccc3c2=O)CC1. The molecule has 1 N–H and O–H groups in total. The summed E-state index contributed by atoms with van der Waals surface area (Å²) in [6, 6.07) is 7.13. The number of nitrogens with zero attached hydrogens (tertiary/aromatic N) is 4. The molecule has 0 aliphatic carbocycles. The number of likely N-dealkylation sites (tertiary alicyclic amines) is 1. The monoisotopic (exact) mass is 302 g/mol. The first-order valence-corrected chi connectivity index (χ1v) is 7.86. The molecular formula is C16H22N4O2. The second kappa shape index (κ2) is 6.54. The van der Waals surface area contributed by atoms with E-state index < -0.39 is 6.10 Å². The van der Waals surface area contributed by atoms with Crippen LogP contribution in [0.2, 0.25) is 0 Å². The Morgan fingerprint density at radius 1 is 1.27 bits per heavy atom. The zero-order chi connectivity index (χ0) is 15.5. The van der Waals surface area contributed by atoms with Crippen molar-refractivity contribution in [1.29, 1.82) is 0 Å². The number of aromatic nitrogens is 3. The van der Waals surface area contributed by atoms with Gasteiger partial charge in [0.2, 0.25) is 0 Å². The van der Waals surface area contributed by atoms with Crippen molar-refractivity contribution in [3.05, 3.63) is 34.6 Å². The van der Waals surface area contributed by atoms with Gasteiger partial charge in [0, 0.05) is 6.54 Å². The van der Waals surface area contributed by atoms with Crippen LogP contribution in [0.5, 0.6) is 0 Å². The van der Waals surface area contributed by atoms with Crippen LogP contribution >= 0.6 is 0 Å². The summed E-state index contributed by atoms with van der Waals surface area (Å²) in [5.74, 6) is 0.766. The van der Waals surface area contributed by atoms with Gasteiger partial charge in [0.25, 0.3) is 5.56 Å². The van der Waals surface area contributed by atoms with Gasteiger partial charge >= 0.3 is 0 Å². The van der Waals surface area contributed by atoms with Crippen molar-refractivity contribution in [3.63, 3.8) is 0 Å². The van der Waals surface area contributed by atoms with Crippen molar-refractivity contribution >= 4 is 10.9 Å². The molecule has 1 aliphatic rings. The fourth-order valence-corrected chi connectivity index (χ4v) is 2.94. The average Bonchev–Trinajstić information content (AvgIpc) is 2.53. The zero-order valence-corrected chi connectivity index (χ0v) is 12.9. The van der Waals surface area contributed by atoms with Gasteiger partial charge in [-0.05, 0) is 44.0 Å². The van der Waals surface area contributed by atoms with Gasteiger partial charge in [-0.15, -0.1) is 5.10 Å². The number of aliphatic hydroxyl groups is 1. The highest BCUT2D eigenvalue weighted by molar-refractivity contribution is 5.76. The quantitative estimate of drug-likeness (QED) is 0.908. The molecule has 0 radical (unpaired) electrons. The van der Waals surface area contributed by atoms with Gasteiger partial charge in [0.15, 0.2) is 0 Å². The number of rotatable bonds is 4. The van der Waals surface area contributed by atoms with E-state index in [-0.39, 0.29) is 12.1 Å². The highest BCUT2D eigenvalue weighted by Crippen LogP contribution is 2.16. The van der Waals surface area contributed by atoms with Gasteiger partial charge < -0.3 is 10.0 Å². The van der Waals surface area contributed by atoms with E-state index in [0.717, 1.165) is 19.0 Å². The zero-order valence-electron chi connectivity index (χ0n) is 12.9. The summed E-state index contributed by atoms with van der Waals surface area (Å²) in [7, 11) is 0. The third-order valence-electron chi connectivity index (χ3n) is 4.36. The third-order valence-corrected chi connectivity index (χ3v) is 4.36. The predicted octanol–water partition coefficient (Wildman–Crippen LogP) is 0.884. The Hall–Kier alpha value is -1.79.